The van der Waals surface area contributed by atoms with Crippen LogP contribution in [0.5, 0.6) is 0 Å². The summed E-state index contributed by atoms with van der Waals surface area (Å²) < 4.78 is 0. The number of benzene rings is 1. The molecule has 0 saturated heterocycles. The summed E-state index contributed by atoms with van der Waals surface area (Å²) in [5.74, 6) is 0.885. The number of hydrogen-bond acceptors (Lipinski definition) is 3. The van der Waals surface area contributed by atoms with Crippen LogP contribution in [0.1, 0.15) is 19.8 Å². The largest absolute Gasteiger partial charge is 0.389 e. The van der Waals surface area contributed by atoms with Crippen molar-refractivity contribution in [1.29, 1.82) is 0 Å². The number of thioether (sulfide) groups is 1. The molecule has 1 atom stereocenters. The fourth-order valence-electron chi connectivity index (χ4n) is 1.32. The van der Waals surface area contributed by atoms with Crippen molar-refractivity contribution in [1.82, 2.24) is 0 Å². The second-order valence-corrected chi connectivity index (χ2v) is 6.21. The summed E-state index contributed by atoms with van der Waals surface area (Å²) in [6.45, 7) is 2.04. The Kier molecular flexibility index (Phi) is 6.10. The van der Waals surface area contributed by atoms with E-state index in [4.69, 9.17) is 28.9 Å². The average Bonchev–Trinajstić information content (AvgIpc) is 2.29. The van der Waals surface area contributed by atoms with E-state index in [1.54, 1.807) is 30.8 Å². The molecule has 0 aliphatic rings. The van der Waals surface area contributed by atoms with Crippen LogP contribution in [0.4, 0.5) is 0 Å². The van der Waals surface area contributed by atoms with Gasteiger partial charge in [-0.15, -0.1) is 11.8 Å². The molecule has 1 aromatic carbocycles. The molecule has 1 aromatic rings. The Labute approximate surface area is 116 Å². The molecule has 1 unspecified atom stereocenters. The summed E-state index contributed by atoms with van der Waals surface area (Å²) in [5, 5.41) is 11.1. The molecule has 0 heterocycles. The van der Waals surface area contributed by atoms with Gasteiger partial charge in [0, 0.05) is 16.5 Å². The molecule has 17 heavy (non-hydrogen) atoms. The van der Waals surface area contributed by atoms with Crippen molar-refractivity contribution in [3.05, 3.63) is 28.2 Å². The van der Waals surface area contributed by atoms with E-state index in [2.05, 4.69) is 0 Å². The van der Waals surface area contributed by atoms with Crippen LogP contribution in [-0.2, 0) is 0 Å². The molecule has 0 amide bonds. The zero-order valence-corrected chi connectivity index (χ0v) is 12.1. The molecule has 0 aliphatic heterocycles. The minimum atomic E-state index is -0.765. The first-order valence-corrected chi connectivity index (χ1v) is 7.19. The molecule has 3 N–H and O–H groups in total. The maximum atomic E-state index is 9.74. The summed E-state index contributed by atoms with van der Waals surface area (Å²) in [5.41, 5.74) is 4.68. The van der Waals surface area contributed by atoms with Crippen molar-refractivity contribution in [3.63, 3.8) is 0 Å². The van der Waals surface area contributed by atoms with Crippen molar-refractivity contribution in [2.24, 2.45) is 5.73 Å². The molecule has 96 valence electrons. The topological polar surface area (TPSA) is 46.2 Å². The lowest BCUT2D eigenvalue weighted by molar-refractivity contribution is 0.0596. The zero-order valence-electron chi connectivity index (χ0n) is 9.75. The van der Waals surface area contributed by atoms with Crippen molar-refractivity contribution in [3.8, 4) is 0 Å². The summed E-state index contributed by atoms with van der Waals surface area (Å²) in [7, 11) is 0. The molecule has 0 aromatic heterocycles. The van der Waals surface area contributed by atoms with Crippen LogP contribution in [0.25, 0.3) is 0 Å². The monoisotopic (exact) mass is 293 g/mol. The van der Waals surface area contributed by atoms with E-state index >= 15 is 0 Å². The Morgan fingerprint density at radius 2 is 2.12 bits per heavy atom. The van der Waals surface area contributed by atoms with Gasteiger partial charge < -0.3 is 10.8 Å². The van der Waals surface area contributed by atoms with E-state index in [0.29, 0.717) is 16.5 Å². The molecule has 0 aliphatic carbocycles. The van der Waals surface area contributed by atoms with Gasteiger partial charge in [0.15, 0.2) is 0 Å². The second kappa shape index (κ2) is 6.86. The lowest BCUT2D eigenvalue weighted by atomic mass is 10.0. The van der Waals surface area contributed by atoms with E-state index in [1.807, 2.05) is 6.07 Å². The Hall–Kier alpha value is 0.0700. The fourth-order valence-corrected chi connectivity index (χ4v) is 2.77. The van der Waals surface area contributed by atoms with E-state index in [-0.39, 0.29) is 6.54 Å². The number of hydrogen-bond donors (Lipinski definition) is 2. The Morgan fingerprint density at radius 3 is 2.76 bits per heavy atom. The summed E-state index contributed by atoms with van der Waals surface area (Å²) in [6.07, 6.45) is 1.58. The Morgan fingerprint density at radius 1 is 1.41 bits per heavy atom. The lowest BCUT2D eigenvalue weighted by Crippen LogP contribution is -2.34. The summed E-state index contributed by atoms with van der Waals surface area (Å²) in [4.78, 5) is 0.978. The number of nitrogens with two attached hydrogens (primary N) is 1. The van der Waals surface area contributed by atoms with Gasteiger partial charge in [-0.2, -0.15) is 0 Å². The number of halogens is 2. The molecule has 0 fully saturated rings. The smallest absolute Gasteiger partial charge is 0.0741 e. The van der Waals surface area contributed by atoms with Crippen molar-refractivity contribution in [2.45, 2.75) is 30.3 Å². The molecule has 0 saturated carbocycles. The van der Waals surface area contributed by atoms with Crippen LogP contribution in [-0.4, -0.2) is 23.0 Å². The third-order valence-corrected chi connectivity index (χ3v) is 4.27. The summed E-state index contributed by atoms with van der Waals surface area (Å²) in [6, 6.07) is 5.42. The molecule has 0 radical (unpaired) electrons. The highest BCUT2D eigenvalue weighted by Gasteiger charge is 2.16. The second-order valence-electron chi connectivity index (χ2n) is 4.23. The highest BCUT2D eigenvalue weighted by molar-refractivity contribution is 7.99. The van der Waals surface area contributed by atoms with Gasteiger partial charge in [-0.1, -0.05) is 23.2 Å². The Balaban J connectivity index is 2.38. The van der Waals surface area contributed by atoms with Gasteiger partial charge in [-0.05, 0) is 43.7 Å². The Bertz CT molecular complexity index is 372. The van der Waals surface area contributed by atoms with Crippen LogP contribution in [0.3, 0.4) is 0 Å². The predicted molar refractivity (Wildman–Crippen MR) is 76.1 cm³/mol. The van der Waals surface area contributed by atoms with Crippen LogP contribution < -0.4 is 5.73 Å². The fraction of sp³-hybridized carbons (Fsp3) is 0.500. The molecular formula is C12H17Cl2NOS. The van der Waals surface area contributed by atoms with E-state index in [9.17, 15) is 5.11 Å². The SMILES string of the molecule is CC(O)(CN)CCCSc1cc(Cl)ccc1Cl. The minimum absolute atomic E-state index is 0.287. The first-order chi connectivity index (χ1) is 7.94. The third-order valence-electron chi connectivity index (χ3n) is 2.45. The van der Waals surface area contributed by atoms with E-state index in [1.165, 1.54) is 0 Å². The first kappa shape index (κ1) is 15.1. The maximum Gasteiger partial charge on any atom is 0.0741 e. The summed E-state index contributed by atoms with van der Waals surface area (Å²) >= 11 is 13.6. The molecule has 0 bridgehead atoms. The molecular weight excluding hydrogens is 277 g/mol. The number of aliphatic hydroxyl groups is 1. The lowest BCUT2D eigenvalue weighted by Gasteiger charge is -2.20. The predicted octanol–water partition coefficient (Wildman–Crippen LogP) is 3.58. The van der Waals surface area contributed by atoms with Gasteiger partial charge in [0.1, 0.15) is 0 Å². The quantitative estimate of drug-likeness (QED) is 0.623. The average molecular weight is 294 g/mol. The van der Waals surface area contributed by atoms with E-state index in [0.717, 1.165) is 17.1 Å². The van der Waals surface area contributed by atoms with Crippen molar-refractivity contribution in [2.75, 3.05) is 12.3 Å². The van der Waals surface area contributed by atoms with Crippen LogP contribution in [0, 0.1) is 0 Å². The van der Waals surface area contributed by atoms with Crippen LogP contribution in [0.15, 0.2) is 23.1 Å². The molecule has 0 spiro atoms. The van der Waals surface area contributed by atoms with Crippen LogP contribution in [0.2, 0.25) is 10.0 Å². The van der Waals surface area contributed by atoms with Gasteiger partial charge in [0.25, 0.3) is 0 Å². The van der Waals surface area contributed by atoms with Gasteiger partial charge in [0.05, 0.1) is 10.6 Å². The normalized spacial score (nSPS) is 14.6. The first-order valence-electron chi connectivity index (χ1n) is 5.45. The van der Waals surface area contributed by atoms with Gasteiger partial charge >= 0.3 is 0 Å². The van der Waals surface area contributed by atoms with Gasteiger partial charge in [-0.3, -0.25) is 0 Å². The van der Waals surface area contributed by atoms with Gasteiger partial charge in [-0.25, -0.2) is 0 Å². The maximum absolute atomic E-state index is 9.74. The van der Waals surface area contributed by atoms with Crippen molar-refractivity contribution >= 4 is 35.0 Å². The standard InChI is InChI=1S/C12H17Cl2NOS/c1-12(16,8-15)5-2-6-17-11-7-9(13)3-4-10(11)14/h3-4,7,16H,2,5-6,8,15H2,1H3. The van der Waals surface area contributed by atoms with E-state index < -0.39 is 5.60 Å². The van der Waals surface area contributed by atoms with Gasteiger partial charge in [0.2, 0.25) is 0 Å². The minimum Gasteiger partial charge on any atom is -0.389 e. The van der Waals surface area contributed by atoms with Crippen molar-refractivity contribution < 1.29 is 5.11 Å². The molecule has 1 rings (SSSR count). The highest BCUT2D eigenvalue weighted by atomic mass is 35.5. The third kappa shape index (κ3) is 5.49. The van der Waals surface area contributed by atoms with Crippen LogP contribution >= 0.6 is 35.0 Å². The number of rotatable bonds is 6. The zero-order chi connectivity index (χ0) is 12.9. The highest BCUT2D eigenvalue weighted by Crippen LogP contribution is 2.30. The molecule has 2 nitrogen and oxygen atoms in total. The molecule has 5 heteroatoms.